The van der Waals surface area contributed by atoms with Crippen LogP contribution in [0.15, 0.2) is 79.5 Å². The Kier molecular flexibility index (Phi) is 3.89. The Morgan fingerprint density at radius 2 is 1.71 bits per heavy atom. The van der Waals surface area contributed by atoms with Gasteiger partial charge in [0.15, 0.2) is 0 Å². The van der Waals surface area contributed by atoms with E-state index in [0.717, 1.165) is 61.1 Å². The van der Waals surface area contributed by atoms with Crippen LogP contribution in [0.3, 0.4) is 0 Å². The highest BCUT2D eigenvalue weighted by Gasteiger charge is 2.15. The van der Waals surface area contributed by atoms with E-state index in [2.05, 4.69) is 72.6 Å². The minimum atomic E-state index is 0.868. The molecular formula is C25H18N6. The van der Waals surface area contributed by atoms with E-state index in [1.165, 1.54) is 0 Å². The summed E-state index contributed by atoms with van der Waals surface area (Å²) in [6.45, 7) is 2.03. The first-order valence-corrected chi connectivity index (χ1v) is 10.0. The third-order valence-electron chi connectivity index (χ3n) is 5.51. The number of benzene rings is 1. The molecule has 0 atom stereocenters. The normalized spacial score (nSPS) is 11.4. The molecule has 0 fully saturated rings. The highest BCUT2D eigenvalue weighted by molar-refractivity contribution is 6.01. The molecule has 6 rings (SSSR count). The number of nitrogens with one attached hydrogen (secondary N) is 2. The molecule has 6 heteroatoms. The summed E-state index contributed by atoms with van der Waals surface area (Å²) in [6, 6.07) is 16.6. The Hall–Kier alpha value is -4.32. The Balaban J connectivity index is 1.51. The number of pyridine rings is 3. The molecule has 0 unspecified atom stereocenters. The fourth-order valence-corrected chi connectivity index (χ4v) is 4.03. The van der Waals surface area contributed by atoms with E-state index in [1.54, 1.807) is 6.20 Å². The second kappa shape index (κ2) is 6.88. The second-order valence-electron chi connectivity index (χ2n) is 7.63. The second-order valence-corrected chi connectivity index (χ2v) is 7.63. The average Bonchev–Trinajstić information content (AvgIpc) is 3.43. The maximum absolute atomic E-state index is 4.59. The van der Waals surface area contributed by atoms with Crippen molar-refractivity contribution in [3.05, 3.63) is 85.1 Å². The zero-order chi connectivity index (χ0) is 20.8. The van der Waals surface area contributed by atoms with E-state index in [4.69, 9.17) is 0 Å². The van der Waals surface area contributed by atoms with Crippen LogP contribution in [0.5, 0.6) is 0 Å². The first kappa shape index (κ1) is 17.5. The third-order valence-corrected chi connectivity index (χ3v) is 5.51. The molecule has 31 heavy (non-hydrogen) atoms. The molecule has 2 N–H and O–H groups in total. The Morgan fingerprint density at radius 3 is 2.58 bits per heavy atom. The van der Waals surface area contributed by atoms with Crippen molar-refractivity contribution in [3.63, 3.8) is 0 Å². The van der Waals surface area contributed by atoms with Gasteiger partial charge in [-0.1, -0.05) is 18.2 Å². The van der Waals surface area contributed by atoms with Gasteiger partial charge in [0.25, 0.3) is 0 Å². The summed E-state index contributed by atoms with van der Waals surface area (Å²) in [5.74, 6) is 0. The van der Waals surface area contributed by atoms with Crippen LogP contribution >= 0.6 is 0 Å². The monoisotopic (exact) mass is 402 g/mol. The maximum atomic E-state index is 4.59. The summed E-state index contributed by atoms with van der Waals surface area (Å²) in [6.07, 6.45) is 9.18. The Morgan fingerprint density at radius 1 is 0.774 bits per heavy atom. The van der Waals surface area contributed by atoms with Gasteiger partial charge in [0.05, 0.1) is 23.1 Å². The first-order chi connectivity index (χ1) is 15.3. The van der Waals surface area contributed by atoms with E-state index < -0.39 is 0 Å². The fourth-order valence-electron chi connectivity index (χ4n) is 4.03. The van der Waals surface area contributed by atoms with Gasteiger partial charge in [-0.25, -0.2) is 0 Å². The minimum Gasteiger partial charge on any atom is -0.353 e. The van der Waals surface area contributed by atoms with Gasteiger partial charge >= 0.3 is 0 Å². The van der Waals surface area contributed by atoms with E-state index in [0.29, 0.717) is 0 Å². The molecule has 0 spiro atoms. The molecule has 0 saturated heterocycles. The highest BCUT2D eigenvalue weighted by Crippen LogP contribution is 2.34. The summed E-state index contributed by atoms with van der Waals surface area (Å²) >= 11 is 0. The van der Waals surface area contributed by atoms with Crippen molar-refractivity contribution in [1.82, 2.24) is 30.1 Å². The third kappa shape index (κ3) is 2.97. The lowest BCUT2D eigenvalue weighted by Gasteiger charge is -2.02. The molecule has 0 saturated carbocycles. The van der Waals surface area contributed by atoms with Crippen LogP contribution in [-0.2, 0) is 0 Å². The topological polar surface area (TPSA) is 83.1 Å². The lowest BCUT2D eigenvalue weighted by molar-refractivity contribution is 1.11. The van der Waals surface area contributed by atoms with Crippen molar-refractivity contribution in [1.29, 1.82) is 0 Å². The summed E-state index contributed by atoms with van der Waals surface area (Å²) in [5, 5.41) is 9.85. The number of hydrogen-bond acceptors (Lipinski definition) is 4. The quantitative estimate of drug-likeness (QED) is 0.407. The number of hydrogen-bond donors (Lipinski definition) is 2. The molecule has 0 aliphatic carbocycles. The predicted octanol–water partition coefficient (Wildman–Crippen LogP) is 5.54. The van der Waals surface area contributed by atoms with Crippen LogP contribution in [0, 0.1) is 6.92 Å². The number of aromatic nitrogens is 6. The summed E-state index contributed by atoms with van der Waals surface area (Å²) in [5.41, 5.74) is 8.97. The van der Waals surface area contributed by atoms with Gasteiger partial charge in [-0.15, -0.1) is 0 Å². The summed E-state index contributed by atoms with van der Waals surface area (Å²) < 4.78 is 0. The van der Waals surface area contributed by atoms with Gasteiger partial charge in [-0.3, -0.25) is 20.1 Å². The summed E-state index contributed by atoms with van der Waals surface area (Å²) in [4.78, 5) is 16.7. The van der Waals surface area contributed by atoms with E-state index in [1.807, 2.05) is 37.8 Å². The zero-order valence-electron chi connectivity index (χ0n) is 16.8. The zero-order valence-corrected chi connectivity index (χ0v) is 16.8. The van der Waals surface area contributed by atoms with Crippen LogP contribution in [0.2, 0.25) is 0 Å². The predicted molar refractivity (Wildman–Crippen MR) is 122 cm³/mol. The van der Waals surface area contributed by atoms with Crippen LogP contribution < -0.4 is 0 Å². The number of fused-ring (bicyclic) bond motifs is 2. The van der Waals surface area contributed by atoms with Gasteiger partial charge in [0, 0.05) is 52.2 Å². The van der Waals surface area contributed by atoms with Gasteiger partial charge in [0.2, 0.25) is 0 Å². The SMILES string of the molecule is Cc1cncc(-c2cc3c(-c4cc5c(-c6cccnc6)cccc5[nH]4)n[nH]c3cn2)c1. The van der Waals surface area contributed by atoms with Crippen molar-refractivity contribution in [2.75, 3.05) is 0 Å². The van der Waals surface area contributed by atoms with E-state index >= 15 is 0 Å². The molecule has 6 nitrogen and oxygen atoms in total. The highest BCUT2D eigenvalue weighted by atomic mass is 15.1. The molecule has 0 aliphatic rings. The molecule has 1 aromatic carbocycles. The lowest BCUT2D eigenvalue weighted by atomic mass is 10.0. The van der Waals surface area contributed by atoms with Crippen molar-refractivity contribution in [3.8, 4) is 33.8 Å². The largest absolute Gasteiger partial charge is 0.353 e. The molecule has 148 valence electrons. The molecule has 0 aliphatic heterocycles. The number of rotatable bonds is 3. The van der Waals surface area contributed by atoms with Crippen molar-refractivity contribution in [2.45, 2.75) is 6.92 Å². The number of H-pyrrole nitrogens is 2. The van der Waals surface area contributed by atoms with Crippen molar-refractivity contribution in [2.24, 2.45) is 0 Å². The smallest absolute Gasteiger partial charge is 0.116 e. The van der Waals surface area contributed by atoms with Gasteiger partial charge < -0.3 is 4.98 Å². The first-order valence-electron chi connectivity index (χ1n) is 10.0. The number of aromatic amines is 2. The Bertz CT molecular complexity index is 1550. The van der Waals surface area contributed by atoms with Crippen LogP contribution in [0.25, 0.3) is 55.6 Å². The number of aryl methyl sites for hydroxylation is 1. The number of nitrogens with zero attached hydrogens (tertiary/aromatic N) is 4. The van der Waals surface area contributed by atoms with Gasteiger partial charge in [-0.2, -0.15) is 5.10 Å². The molecule has 0 amide bonds. The standard InChI is InChI=1S/C25H18N6/c1-15-8-17(13-27-11-15)22-10-20-24(14-28-22)30-31-25(20)23-9-19-18(5-2-6-21(19)29-23)16-4-3-7-26-12-16/h2-14,29H,1H3,(H,30,31). The molecular weight excluding hydrogens is 384 g/mol. The molecule has 0 bridgehead atoms. The van der Waals surface area contributed by atoms with Crippen LogP contribution in [0.4, 0.5) is 0 Å². The van der Waals surface area contributed by atoms with Crippen molar-refractivity contribution >= 4 is 21.8 Å². The molecule has 5 aromatic heterocycles. The lowest BCUT2D eigenvalue weighted by Crippen LogP contribution is -1.86. The maximum Gasteiger partial charge on any atom is 0.116 e. The average molecular weight is 402 g/mol. The molecule has 5 heterocycles. The molecule has 6 aromatic rings. The van der Waals surface area contributed by atoms with Crippen molar-refractivity contribution < 1.29 is 0 Å². The van der Waals surface area contributed by atoms with E-state index in [-0.39, 0.29) is 0 Å². The summed E-state index contributed by atoms with van der Waals surface area (Å²) in [7, 11) is 0. The van der Waals surface area contributed by atoms with Crippen LogP contribution in [0.1, 0.15) is 5.56 Å². The van der Waals surface area contributed by atoms with Gasteiger partial charge in [0.1, 0.15) is 5.69 Å². The Labute approximate surface area is 178 Å². The minimum absolute atomic E-state index is 0.868. The fraction of sp³-hybridized carbons (Fsp3) is 0.0400. The van der Waals surface area contributed by atoms with E-state index in [9.17, 15) is 0 Å². The molecule has 0 radical (unpaired) electrons. The van der Waals surface area contributed by atoms with Crippen LogP contribution in [-0.4, -0.2) is 30.1 Å². The van der Waals surface area contributed by atoms with Gasteiger partial charge in [-0.05, 0) is 48.4 Å².